The minimum Gasteiger partial charge on any atom is -0.207 e. The average Bonchev–Trinajstić information content (AvgIpc) is 2.97. The Morgan fingerprint density at radius 2 is 1.90 bits per heavy atom. The van der Waals surface area contributed by atoms with Gasteiger partial charge in [0.1, 0.15) is 10.8 Å². The first-order chi connectivity index (χ1) is 9.63. The maximum atomic E-state index is 12.8. The van der Waals surface area contributed by atoms with Crippen molar-refractivity contribution in [3.05, 3.63) is 46.5 Å². The van der Waals surface area contributed by atoms with Gasteiger partial charge < -0.3 is 0 Å². The van der Waals surface area contributed by atoms with Gasteiger partial charge in [-0.15, -0.1) is 10.2 Å². The molecule has 3 aromatic rings. The van der Waals surface area contributed by atoms with Crippen molar-refractivity contribution < 1.29 is 4.39 Å². The second-order valence-electron chi connectivity index (χ2n) is 4.73. The smallest absolute Gasteiger partial charge is 0.207 e. The number of benzene rings is 1. The normalized spacial score (nSPS) is 12.0. The molecule has 102 valence electrons. The van der Waals surface area contributed by atoms with Gasteiger partial charge in [-0.2, -0.15) is 9.61 Å². The lowest BCUT2D eigenvalue weighted by atomic mass is 10.2. The van der Waals surface area contributed by atoms with E-state index in [0.29, 0.717) is 0 Å². The Hall–Kier alpha value is -2.08. The average molecular weight is 288 g/mol. The molecular formula is C14H13FN4S. The highest BCUT2D eigenvalue weighted by Gasteiger charge is 2.12. The molecule has 0 fully saturated rings. The van der Waals surface area contributed by atoms with E-state index in [2.05, 4.69) is 29.1 Å². The zero-order chi connectivity index (χ0) is 14.1. The van der Waals surface area contributed by atoms with E-state index in [1.54, 1.807) is 16.6 Å². The topological polar surface area (TPSA) is 43.1 Å². The van der Waals surface area contributed by atoms with Crippen LogP contribution in [0.15, 0.2) is 24.3 Å². The molecule has 1 aromatic carbocycles. The van der Waals surface area contributed by atoms with Crippen molar-refractivity contribution >= 4 is 28.4 Å². The van der Waals surface area contributed by atoms with Crippen LogP contribution in [0.25, 0.3) is 17.1 Å². The Morgan fingerprint density at radius 1 is 1.15 bits per heavy atom. The highest BCUT2D eigenvalue weighted by atomic mass is 32.1. The highest BCUT2D eigenvalue weighted by Crippen LogP contribution is 2.20. The van der Waals surface area contributed by atoms with E-state index in [0.717, 1.165) is 21.4 Å². The predicted molar refractivity (Wildman–Crippen MR) is 78.1 cm³/mol. The minimum atomic E-state index is -0.234. The molecule has 0 N–H and O–H groups in total. The van der Waals surface area contributed by atoms with Crippen LogP contribution in [0.5, 0.6) is 0 Å². The monoisotopic (exact) mass is 288 g/mol. The first-order valence-corrected chi connectivity index (χ1v) is 7.11. The van der Waals surface area contributed by atoms with Crippen molar-refractivity contribution in [2.75, 3.05) is 0 Å². The zero-order valence-electron chi connectivity index (χ0n) is 11.1. The Morgan fingerprint density at radius 3 is 2.60 bits per heavy atom. The highest BCUT2D eigenvalue weighted by molar-refractivity contribution is 7.17. The lowest BCUT2D eigenvalue weighted by molar-refractivity contribution is 0.628. The number of nitrogens with zero attached hydrogens (tertiary/aromatic N) is 4. The third-order valence-electron chi connectivity index (χ3n) is 2.84. The molecule has 0 amide bonds. The molecule has 20 heavy (non-hydrogen) atoms. The number of hydrogen-bond acceptors (Lipinski definition) is 4. The van der Waals surface area contributed by atoms with Crippen molar-refractivity contribution in [1.82, 2.24) is 19.8 Å². The molecule has 0 saturated carbocycles. The van der Waals surface area contributed by atoms with Crippen LogP contribution in [0.4, 0.5) is 4.39 Å². The summed E-state index contributed by atoms with van der Waals surface area (Å²) < 4.78 is 14.6. The van der Waals surface area contributed by atoms with E-state index >= 15 is 0 Å². The lowest BCUT2D eigenvalue weighted by Crippen LogP contribution is -1.97. The maximum absolute atomic E-state index is 12.8. The molecule has 0 spiro atoms. The van der Waals surface area contributed by atoms with Gasteiger partial charge in [0.15, 0.2) is 5.82 Å². The van der Waals surface area contributed by atoms with Crippen molar-refractivity contribution in [1.29, 1.82) is 0 Å². The molecule has 2 aromatic heterocycles. The van der Waals surface area contributed by atoms with Gasteiger partial charge in [-0.1, -0.05) is 43.4 Å². The zero-order valence-corrected chi connectivity index (χ0v) is 11.9. The van der Waals surface area contributed by atoms with Crippen LogP contribution in [-0.4, -0.2) is 19.8 Å². The molecule has 0 radical (unpaired) electrons. The second kappa shape index (κ2) is 5.13. The molecule has 0 saturated heterocycles. The molecule has 3 rings (SSSR count). The predicted octanol–water partition coefficient (Wildman–Crippen LogP) is 3.62. The van der Waals surface area contributed by atoms with Crippen LogP contribution in [0.3, 0.4) is 0 Å². The number of fused-ring (bicyclic) bond motifs is 1. The molecule has 0 aliphatic heterocycles. The fraction of sp³-hybridized carbons (Fsp3) is 0.214. The molecule has 6 heteroatoms. The van der Waals surface area contributed by atoms with Crippen LogP contribution < -0.4 is 0 Å². The van der Waals surface area contributed by atoms with Gasteiger partial charge in [-0.3, -0.25) is 0 Å². The van der Waals surface area contributed by atoms with Crippen molar-refractivity contribution in [3.8, 4) is 0 Å². The summed E-state index contributed by atoms with van der Waals surface area (Å²) in [5.74, 6) is 0.904. The molecule has 4 nitrogen and oxygen atoms in total. The fourth-order valence-electron chi connectivity index (χ4n) is 1.82. The molecule has 0 aliphatic carbocycles. The SMILES string of the molecule is CC(C)c1nnc2sc(C=Cc3ccc(F)cc3)nn12. The van der Waals surface area contributed by atoms with Crippen LogP contribution >= 0.6 is 11.3 Å². The van der Waals surface area contributed by atoms with Gasteiger partial charge in [-0.25, -0.2) is 4.39 Å². The van der Waals surface area contributed by atoms with Gasteiger partial charge in [0.25, 0.3) is 0 Å². The molecule has 0 unspecified atom stereocenters. The molecule has 0 atom stereocenters. The summed E-state index contributed by atoms with van der Waals surface area (Å²) in [6.45, 7) is 4.12. The summed E-state index contributed by atoms with van der Waals surface area (Å²) >= 11 is 1.48. The maximum Gasteiger partial charge on any atom is 0.234 e. The minimum absolute atomic E-state index is 0.234. The van der Waals surface area contributed by atoms with Crippen molar-refractivity contribution in [3.63, 3.8) is 0 Å². The quantitative estimate of drug-likeness (QED) is 0.739. The van der Waals surface area contributed by atoms with E-state index in [1.807, 2.05) is 12.2 Å². The Labute approximate surface area is 119 Å². The number of halogens is 1. The molecule has 0 bridgehead atoms. The van der Waals surface area contributed by atoms with Crippen LogP contribution in [0, 0.1) is 5.82 Å². The Bertz CT molecular complexity index is 755. The molecule has 0 aliphatic rings. The van der Waals surface area contributed by atoms with Gasteiger partial charge >= 0.3 is 0 Å². The number of aromatic nitrogens is 4. The van der Waals surface area contributed by atoms with E-state index in [1.165, 1.54) is 23.5 Å². The van der Waals surface area contributed by atoms with Crippen LogP contribution in [0.1, 0.15) is 36.2 Å². The summed E-state index contributed by atoms with van der Waals surface area (Å²) in [4.78, 5) is 0.785. The summed E-state index contributed by atoms with van der Waals surface area (Å²) in [5, 5.41) is 13.6. The third kappa shape index (κ3) is 2.46. The Kier molecular flexibility index (Phi) is 3.31. The van der Waals surface area contributed by atoms with Crippen molar-refractivity contribution in [2.24, 2.45) is 0 Å². The van der Waals surface area contributed by atoms with Gasteiger partial charge in [0.05, 0.1) is 0 Å². The van der Waals surface area contributed by atoms with E-state index < -0.39 is 0 Å². The third-order valence-corrected chi connectivity index (χ3v) is 3.70. The van der Waals surface area contributed by atoms with Crippen LogP contribution in [-0.2, 0) is 0 Å². The van der Waals surface area contributed by atoms with Gasteiger partial charge in [0.2, 0.25) is 4.96 Å². The van der Waals surface area contributed by atoms with Crippen molar-refractivity contribution in [2.45, 2.75) is 19.8 Å². The van der Waals surface area contributed by atoms with E-state index in [4.69, 9.17) is 0 Å². The summed E-state index contributed by atoms with van der Waals surface area (Å²) in [7, 11) is 0. The summed E-state index contributed by atoms with van der Waals surface area (Å²) in [5.41, 5.74) is 0.932. The first-order valence-electron chi connectivity index (χ1n) is 6.29. The fourth-order valence-corrected chi connectivity index (χ4v) is 2.56. The second-order valence-corrected chi connectivity index (χ2v) is 5.72. The van der Waals surface area contributed by atoms with E-state index in [9.17, 15) is 4.39 Å². The lowest BCUT2D eigenvalue weighted by Gasteiger charge is -1.97. The first kappa shape index (κ1) is 12.9. The number of hydrogen-bond donors (Lipinski definition) is 0. The summed E-state index contributed by atoms with van der Waals surface area (Å²) in [6.07, 6.45) is 3.80. The summed E-state index contributed by atoms with van der Waals surface area (Å²) in [6, 6.07) is 6.33. The standard InChI is InChI=1S/C14H13FN4S/c1-9(2)13-16-17-14-19(13)18-12(20-14)8-5-10-3-6-11(15)7-4-10/h3-9H,1-2H3. The van der Waals surface area contributed by atoms with E-state index in [-0.39, 0.29) is 11.7 Å². The number of rotatable bonds is 3. The molecule has 2 heterocycles. The molecular weight excluding hydrogens is 275 g/mol. The van der Waals surface area contributed by atoms with Gasteiger partial charge in [-0.05, 0) is 23.8 Å². The van der Waals surface area contributed by atoms with Crippen LogP contribution in [0.2, 0.25) is 0 Å². The largest absolute Gasteiger partial charge is 0.234 e. The Balaban J connectivity index is 1.89. The van der Waals surface area contributed by atoms with Gasteiger partial charge in [0, 0.05) is 5.92 Å².